The molecule has 1 aliphatic rings. The van der Waals surface area contributed by atoms with Crippen molar-refractivity contribution >= 4 is 5.96 Å². The number of benzene rings is 1. The summed E-state index contributed by atoms with van der Waals surface area (Å²) in [7, 11) is 1.99. The van der Waals surface area contributed by atoms with Crippen molar-refractivity contribution < 1.29 is 4.39 Å². The third kappa shape index (κ3) is 4.54. The van der Waals surface area contributed by atoms with Gasteiger partial charge in [0.2, 0.25) is 0 Å². The fraction of sp³-hybridized carbons (Fsp3) is 0.545. The van der Waals surface area contributed by atoms with Crippen LogP contribution < -0.4 is 10.6 Å². The van der Waals surface area contributed by atoms with Gasteiger partial charge in [-0.2, -0.15) is 5.10 Å². The maximum atomic E-state index is 13.2. The number of aliphatic imine (C=N–C) groups is 1. The van der Waals surface area contributed by atoms with Crippen LogP contribution in [0.5, 0.6) is 0 Å². The van der Waals surface area contributed by atoms with E-state index in [1.807, 2.05) is 23.9 Å². The second-order valence-corrected chi connectivity index (χ2v) is 8.00. The summed E-state index contributed by atoms with van der Waals surface area (Å²) in [6, 6.07) is 7.12. The molecule has 0 aliphatic heterocycles. The van der Waals surface area contributed by atoms with Gasteiger partial charge in [-0.1, -0.05) is 12.1 Å². The van der Waals surface area contributed by atoms with E-state index < -0.39 is 0 Å². The van der Waals surface area contributed by atoms with Gasteiger partial charge in [0.05, 0.1) is 12.2 Å². The molecule has 6 heteroatoms. The molecule has 1 heterocycles. The van der Waals surface area contributed by atoms with E-state index in [1.54, 1.807) is 12.1 Å². The van der Waals surface area contributed by atoms with Gasteiger partial charge in [0.25, 0.3) is 0 Å². The fourth-order valence-electron chi connectivity index (χ4n) is 3.75. The highest BCUT2D eigenvalue weighted by Gasteiger charge is 2.44. The lowest BCUT2D eigenvalue weighted by atomic mass is 9.96. The number of guanidine groups is 1. The Morgan fingerprint density at radius 2 is 1.96 bits per heavy atom. The zero-order valence-corrected chi connectivity index (χ0v) is 17.6. The Labute approximate surface area is 167 Å². The third-order valence-electron chi connectivity index (χ3n) is 5.75. The van der Waals surface area contributed by atoms with Crippen molar-refractivity contribution in [3.8, 4) is 0 Å². The number of aromatic nitrogens is 2. The van der Waals surface area contributed by atoms with Crippen molar-refractivity contribution in [1.29, 1.82) is 0 Å². The van der Waals surface area contributed by atoms with Gasteiger partial charge in [0.1, 0.15) is 5.82 Å². The summed E-state index contributed by atoms with van der Waals surface area (Å²) in [6.07, 6.45) is 3.11. The first-order valence-electron chi connectivity index (χ1n) is 10.1. The van der Waals surface area contributed by atoms with Gasteiger partial charge < -0.3 is 10.6 Å². The van der Waals surface area contributed by atoms with Gasteiger partial charge in [-0.05, 0) is 70.2 Å². The lowest BCUT2D eigenvalue weighted by molar-refractivity contribution is 0.619. The molecule has 0 saturated heterocycles. The molecule has 1 unspecified atom stereocenters. The number of rotatable bonds is 7. The maximum absolute atomic E-state index is 13.2. The number of aryl methyl sites for hydroxylation is 2. The number of hydrogen-bond acceptors (Lipinski definition) is 2. The van der Waals surface area contributed by atoms with Crippen LogP contribution in [0.3, 0.4) is 0 Å². The Bertz CT molecular complexity index is 833. The Morgan fingerprint density at radius 3 is 2.50 bits per heavy atom. The van der Waals surface area contributed by atoms with Gasteiger partial charge in [0, 0.05) is 30.7 Å². The zero-order chi connectivity index (χ0) is 20.3. The van der Waals surface area contributed by atoms with Gasteiger partial charge in [0.15, 0.2) is 5.96 Å². The predicted molar refractivity (Wildman–Crippen MR) is 112 cm³/mol. The predicted octanol–water partition coefficient (Wildman–Crippen LogP) is 3.39. The summed E-state index contributed by atoms with van der Waals surface area (Å²) in [5.74, 6) is 0.649. The summed E-state index contributed by atoms with van der Waals surface area (Å²) < 4.78 is 15.2. The van der Waals surface area contributed by atoms with Gasteiger partial charge in [-0.25, -0.2) is 4.39 Å². The molecule has 1 saturated carbocycles. The molecule has 152 valence electrons. The average molecular weight is 386 g/mol. The first-order chi connectivity index (χ1) is 13.3. The molecule has 3 rings (SSSR count). The second kappa shape index (κ2) is 8.33. The summed E-state index contributed by atoms with van der Waals surface area (Å²) in [5.41, 5.74) is 4.84. The summed E-state index contributed by atoms with van der Waals surface area (Å²) in [4.78, 5) is 4.86. The number of nitrogens with zero attached hydrogens (tertiary/aromatic N) is 3. The van der Waals surface area contributed by atoms with E-state index in [2.05, 4.69) is 43.4 Å². The van der Waals surface area contributed by atoms with Crippen molar-refractivity contribution in [3.05, 3.63) is 52.6 Å². The molecular weight excluding hydrogens is 353 g/mol. The number of nitrogens with one attached hydrogen (secondary N) is 2. The van der Waals surface area contributed by atoms with Crippen molar-refractivity contribution in [2.24, 2.45) is 12.0 Å². The molecule has 2 aromatic rings. The Kier molecular flexibility index (Phi) is 6.06. The van der Waals surface area contributed by atoms with Crippen LogP contribution in [0.25, 0.3) is 0 Å². The van der Waals surface area contributed by atoms with Crippen molar-refractivity contribution in [2.75, 3.05) is 13.1 Å². The van der Waals surface area contributed by atoms with Crippen LogP contribution >= 0.6 is 0 Å². The minimum Gasteiger partial charge on any atom is -0.357 e. The van der Waals surface area contributed by atoms with Crippen LogP contribution in [0.1, 0.15) is 49.2 Å². The second-order valence-electron chi connectivity index (χ2n) is 8.00. The minimum atomic E-state index is -0.187. The molecule has 0 amide bonds. The van der Waals surface area contributed by atoms with Crippen LogP contribution in [0.4, 0.5) is 4.39 Å². The smallest absolute Gasteiger partial charge is 0.191 e. The SMILES string of the molecule is CCNC(=NCC1(c2ccc(F)cc2)CC1)NC(C)Cc1c(C)nn(C)c1C. The van der Waals surface area contributed by atoms with Crippen LogP contribution in [0.2, 0.25) is 0 Å². The lowest BCUT2D eigenvalue weighted by Gasteiger charge is -2.20. The molecule has 28 heavy (non-hydrogen) atoms. The normalized spacial score (nSPS) is 16.7. The van der Waals surface area contributed by atoms with E-state index in [0.717, 1.165) is 37.5 Å². The minimum absolute atomic E-state index is 0.0653. The third-order valence-corrected chi connectivity index (χ3v) is 5.75. The molecule has 0 radical (unpaired) electrons. The van der Waals surface area contributed by atoms with Crippen LogP contribution in [0.15, 0.2) is 29.3 Å². The molecule has 1 aromatic carbocycles. The van der Waals surface area contributed by atoms with Crippen LogP contribution in [-0.2, 0) is 18.9 Å². The first-order valence-corrected chi connectivity index (χ1v) is 10.1. The standard InChI is InChI=1S/C22H32FN5/c1-6-24-21(26-15(2)13-20-16(3)27-28(5)17(20)4)25-14-22(11-12-22)18-7-9-19(23)10-8-18/h7-10,15H,6,11-14H2,1-5H3,(H2,24,25,26). The van der Waals surface area contributed by atoms with Crippen LogP contribution in [-0.4, -0.2) is 34.9 Å². The highest BCUT2D eigenvalue weighted by molar-refractivity contribution is 5.80. The molecule has 1 aromatic heterocycles. The summed E-state index contributed by atoms with van der Waals surface area (Å²) in [6.45, 7) is 9.95. The van der Waals surface area contributed by atoms with E-state index in [1.165, 1.54) is 16.8 Å². The quantitative estimate of drug-likeness (QED) is 0.567. The van der Waals surface area contributed by atoms with Crippen molar-refractivity contribution in [1.82, 2.24) is 20.4 Å². The average Bonchev–Trinajstić information content (AvgIpc) is 3.41. The van der Waals surface area contributed by atoms with E-state index in [4.69, 9.17) is 4.99 Å². The molecule has 1 aliphatic carbocycles. The Hall–Kier alpha value is -2.37. The monoisotopic (exact) mass is 385 g/mol. The molecule has 1 fully saturated rings. The van der Waals surface area contributed by atoms with E-state index in [9.17, 15) is 4.39 Å². The molecule has 2 N–H and O–H groups in total. The van der Waals surface area contributed by atoms with Crippen molar-refractivity contribution in [2.45, 2.75) is 58.4 Å². The molecule has 0 bridgehead atoms. The number of halogens is 1. The molecule has 5 nitrogen and oxygen atoms in total. The maximum Gasteiger partial charge on any atom is 0.191 e. The topological polar surface area (TPSA) is 54.2 Å². The van der Waals surface area contributed by atoms with E-state index in [0.29, 0.717) is 6.54 Å². The van der Waals surface area contributed by atoms with Gasteiger partial charge >= 0.3 is 0 Å². The van der Waals surface area contributed by atoms with Crippen molar-refractivity contribution in [3.63, 3.8) is 0 Å². The highest BCUT2D eigenvalue weighted by atomic mass is 19.1. The van der Waals surface area contributed by atoms with E-state index in [-0.39, 0.29) is 17.3 Å². The van der Waals surface area contributed by atoms with E-state index >= 15 is 0 Å². The van der Waals surface area contributed by atoms with Gasteiger partial charge in [-0.3, -0.25) is 9.67 Å². The van der Waals surface area contributed by atoms with Crippen LogP contribution in [0, 0.1) is 19.7 Å². The lowest BCUT2D eigenvalue weighted by Crippen LogP contribution is -2.43. The Morgan fingerprint density at radius 1 is 1.29 bits per heavy atom. The molecule has 1 atom stereocenters. The largest absolute Gasteiger partial charge is 0.357 e. The molecular formula is C22H32FN5. The summed E-state index contributed by atoms with van der Waals surface area (Å²) >= 11 is 0. The zero-order valence-electron chi connectivity index (χ0n) is 17.6. The highest BCUT2D eigenvalue weighted by Crippen LogP contribution is 2.48. The summed E-state index contributed by atoms with van der Waals surface area (Å²) in [5, 5.41) is 11.4. The van der Waals surface area contributed by atoms with Gasteiger partial charge in [-0.15, -0.1) is 0 Å². The Balaban J connectivity index is 1.66. The molecule has 0 spiro atoms. The first kappa shape index (κ1) is 20.4. The fourth-order valence-corrected chi connectivity index (χ4v) is 3.75. The number of hydrogen-bond donors (Lipinski definition) is 2.